The third-order valence-corrected chi connectivity index (χ3v) is 1.25. The minimum atomic E-state index is 0.0506. The van der Waals surface area contributed by atoms with Crippen LogP contribution < -0.4 is 0 Å². The molecule has 0 atom stereocenters. The number of rotatable bonds is 4. The molecule has 0 aromatic rings. The second kappa shape index (κ2) is 5.71. The molecule has 0 saturated heterocycles. The number of carbonyl (C=O) groups excluding carboxylic acids is 1. The van der Waals surface area contributed by atoms with Crippen molar-refractivity contribution in [2.75, 3.05) is 6.54 Å². The molecular weight excluding hydrogens is 138 g/mol. The standard InChI is InChI=1S/C9H15NO/c1-4-6-8-10(7-5-2)9(3)11/h5-6,8H,2,4,7H2,1,3H3/b8-6+. The molecule has 0 fully saturated rings. The predicted octanol–water partition coefficient (Wildman–Crippen LogP) is 1.94. The Hall–Kier alpha value is -1.05. The van der Waals surface area contributed by atoms with E-state index in [4.69, 9.17) is 0 Å². The van der Waals surface area contributed by atoms with Gasteiger partial charge in [-0.15, -0.1) is 6.58 Å². The molecule has 0 aliphatic carbocycles. The molecule has 2 nitrogen and oxygen atoms in total. The van der Waals surface area contributed by atoms with Gasteiger partial charge in [0.15, 0.2) is 0 Å². The van der Waals surface area contributed by atoms with Crippen LogP contribution in [0.2, 0.25) is 0 Å². The van der Waals surface area contributed by atoms with E-state index >= 15 is 0 Å². The van der Waals surface area contributed by atoms with Gasteiger partial charge < -0.3 is 4.90 Å². The molecule has 0 N–H and O–H groups in total. The first-order valence-electron chi connectivity index (χ1n) is 3.77. The van der Waals surface area contributed by atoms with E-state index in [0.29, 0.717) is 6.54 Å². The molecular formula is C9H15NO. The van der Waals surface area contributed by atoms with E-state index in [1.54, 1.807) is 24.1 Å². The van der Waals surface area contributed by atoms with E-state index in [2.05, 4.69) is 6.58 Å². The van der Waals surface area contributed by atoms with Crippen molar-refractivity contribution in [2.45, 2.75) is 20.3 Å². The van der Waals surface area contributed by atoms with E-state index in [1.165, 1.54) is 0 Å². The van der Waals surface area contributed by atoms with E-state index < -0.39 is 0 Å². The van der Waals surface area contributed by atoms with E-state index in [0.717, 1.165) is 6.42 Å². The molecule has 0 bridgehead atoms. The molecule has 0 heterocycles. The first-order chi connectivity index (χ1) is 5.22. The summed E-state index contributed by atoms with van der Waals surface area (Å²) < 4.78 is 0. The number of carbonyl (C=O) groups is 1. The molecule has 0 spiro atoms. The van der Waals surface area contributed by atoms with Crippen molar-refractivity contribution in [3.8, 4) is 0 Å². The van der Waals surface area contributed by atoms with Gasteiger partial charge in [-0.1, -0.05) is 19.1 Å². The molecule has 0 aromatic carbocycles. The normalized spacial score (nSPS) is 10.0. The van der Waals surface area contributed by atoms with Crippen LogP contribution in [0.4, 0.5) is 0 Å². The predicted molar refractivity (Wildman–Crippen MR) is 47.0 cm³/mol. The van der Waals surface area contributed by atoms with Crippen LogP contribution in [0.25, 0.3) is 0 Å². The lowest BCUT2D eigenvalue weighted by atomic mass is 10.4. The Balaban J connectivity index is 3.98. The Morgan fingerprint density at radius 1 is 1.64 bits per heavy atom. The minimum absolute atomic E-state index is 0.0506. The zero-order chi connectivity index (χ0) is 8.69. The Morgan fingerprint density at radius 2 is 2.27 bits per heavy atom. The first-order valence-corrected chi connectivity index (χ1v) is 3.77. The number of hydrogen-bond acceptors (Lipinski definition) is 1. The molecule has 1 amide bonds. The number of hydrogen-bond donors (Lipinski definition) is 0. The van der Waals surface area contributed by atoms with Gasteiger partial charge in [0.1, 0.15) is 0 Å². The van der Waals surface area contributed by atoms with Crippen LogP contribution in [-0.4, -0.2) is 17.4 Å². The van der Waals surface area contributed by atoms with Crippen molar-refractivity contribution in [1.82, 2.24) is 4.90 Å². The summed E-state index contributed by atoms with van der Waals surface area (Å²) in [4.78, 5) is 12.5. The highest BCUT2D eigenvalue weighted by Gasteiger charge is 1.99. The van der Waals surface area contributed by atoms with Crippen LogP contribution >= 0.6 is 0 Å². The summed E-state index contributed by atoms with van der Waals surface area (Å²) >= 11 is 0. The lowest BCUT2D eigenvalue weighted by Crippen LogP contribution is -2.22. The summed E-state index contributed by atoms with van der Waals surface area (Å²) in [5.74, 6) is 0.0506. The second-order valence-corrected chi connectivity index (χ2v) is 2.25. The number of nitrogens with zero attached hydrogens (tertiary/aromatic N) is 1. The van der Waals surface area contributed by atoms with Crippen LogP contribution in [0.3, 0.4) is 0 Å². The zero-order valence-corrected chi connectivity index (χ0v) is 7.21. The fraction of sp³-hybridized carbons (Fsp3) is 0.444. The number of amides is 1. The van der Waals surface area contributed by atoms with Gasteiger partial charge in [0.2, 0.25) is 5.91 Å². The monoisotopic (exact) mass is 153 g/mol. The third-order valence-electron chi connectivity index (χ3n) is 1.25. The maximum atomic E-state index is 10.9. The van der Waals surface area contributed by atoms with Crippen molar-refractivity contribution in [1.29, 1.82) is 0 Å². The molecule has 0 rings (SSSR count). The van der Waals surface area contributed by atoms with Gasteiger partial charge in [-0.2, -0.15) is 0 Å². The van der Waals surface area contributed by atoms with Gasteiger partial charge in [-0.05, 0) is 6.42 Å². The average molecular weight is 153 g/mol. The first kappa shape index (κ1) is 9.95. The molecule has 0 aromatic heterocycles. The zero-order valence-electron chi connectivity index (χ0n) is 7.21. The Bertz CT molecular complexity index is 161. The fourth-order valence-electron chi connectivity index (χ4n) is 0.666. The van der Waals surface area contributed by atoms with Crippen LogP contribution in [0.15, 0.2) is 24.9 Å². The molecule has 62 valence electrons. The summed E-state index contributed by atoms with van der Waals surface area (Å²) in [6, 6.07) is 0. The summed E-state index contributed by atoms with van der Waals surface area (Å²) in [6.45, 7) is 7.73. The van der Waals surface area contributed by atoms with Crippen LogP contribution in [0, 0.1) is 0 Å². The fourth-order valence-corrected chi connectivity index (χ4v) is 0.666. The highest BCUT2D eigenvalue weighted by molar-refractivity contribution is 5.74. The SMILES string of the molecule is C=CCN(/C=C/CC)C(C)=O. The Kier molecular flexibility index (Phi) is 5.17. The maximum Gasteiger partial charge on any atom is 0.223 e. The molecule has 0 aliphatic rings. The van der Waals surface area contributed by atoms with E-state index in [9.17, 15) is 4.79 Å². The topological polar surface area (TPSA) is 20.3 Å². The molecule has 0 radical (unpaired) electrons. The van der Waals surface area contributed by atoms with Crippen LogP contribution in [0.5, 0.6) is 0 Å². The highest BCUT2D eigenvalue weighted by Crippen LogP contribution is 1.92. The quantitative estimate of drug-likeness (QED) is 0.565. The summed E-state index contributed by atoms with van der Waals surface area (Å²) in [5, 5.41) is 0. The van der Waals surface area contributed by atoms with Crippen molar-refractivity contribution >= 4 is 5.91 Å². The van der Waals surface area contributed by atoms with E-state index in [-0.39, 0.29) is 5.91 Å². The Labute approximate surface area is 68.2 Å². The van der Waals surface area contributed by atoms with Gasteiger partial charge in [-0.25, -0.2) is 0 Å². The van der Waals surface area contributed by atoms with Crippen LogP contribution in [-0.2, 0) is 4.79 Å². The second-order valence-electron chi connectivity index (χ2n) is 2.25. The van der Waals surface area contributed by atoms with Crippen molar-refractivity contribution < 1.29 is 4.79 Å². The van der Waals surface area contributed by atoms with Crippen molar-refractivity contribution in [2.24, 2.45) is 0 Å². The van der Waals surface area contributed by atoms with E-state index in [1.807, 2.05) is 13.0 Å². The van der Waals surface area contributed by atoms with Gasteiger partial charge in [0.25, 0.3) is 0 Å². The molecule has 11 heavy (non-hydrogen) atoms. The van der Waals surface area contributed by atoms with Gasteiger partial charge in [-0.3, -0.25) is 4.79 Å². The summed E-state index contributed by atoms with van der Waals surface area (Å²) in [6.07, 6.45) is 6.40. The molecule has 0 saturated carbocycles. The molecule has 0 aliphatic heterocycles. The van der Waals surface area contributed by atoms with Crippen molar-refractivity contribution in [3.63, 3.8) is 0 Å². The summed E-state index contributed by atoms with van der Waals surface area (Å²) in [7, 11) is 0. The number of allylic oxidation sites excluding steroid dienone is 1. The highest BCUT2D eigenvalue weighted by atomic mass is 16.2. The van der Waals surface area contributed by atoms with Gasteiger partial charge in [0, 0.05) is 19.7 Å². The Morgan fingerprint density at radius 3 is 2.64 bits per heavy atom. The summed E-state index contributed by atoms with van der Waals surface area (Å²) in [5.41, 5.74) is 0. The van der Waals surface area contributed by atoms with Gasteiger partial charge >= 0.3 is 0 Å². The van der Waals surface area contributed by atoms with Gasteiger partial charge in [0.05, 0.1) is 0 Å². The lowest BCUT2D eigenvalue weighted by Gasteiger charge is -2.12. The smallest absolute Gasteiger partial charge is 0.223 e. The molecule has 2 heteroatoms. The maximum absolute atomic E-state index is 10.9. The molecule has 0 unspecified atom stereocenters. The lowest BCUT2D eigenvalue weighted by molar-refractivity contribution is -0.125. The minimum Gasteiger partial charge on any atom is -0.316 e. The average Bonchev–Trinajstić information content (AvgIpc) is 1.97. The van der Waals surface area contributed by atoms with Crippen LogP contribution in [0.1, 0.15) is 20.3 Å². The van der Waals surface area contributed by atoms with Crippen molar-refractivity contribution in [3.05, 3.63) is 24.9 Å². The largest absolute Gasteiger partial charge is 0.316 e. The third kappa shape index (κ3) is 4.37.